The summed E-state index contributed by atoms with van der Waals surface area (Å²) < 4.78 is 14.0. The lowest BCUT2D eigenvalue weighted by molar-refractivity contribution is 0.355. The third-order valence-corrected chi connectivity index (χ3v) is 4.16. The summed E-state index contributed by atoms with van der Waals surface area (Å²) in [5.74, 6) is 1.11. The summed E-state index contributed by atoms with van der Waals surface area (Å²) in [4.78, 5) is 0. The molecule has 0 saturated heterocycles. The maximum atomic E-state index is 14.0. The van der Waals surface area contributed by atoms with E-state index < -0.39 is 0 Å². The van der Waals surface area contributed by atoms with Gasteiger partial charge in [0.1, 0.15) is 5.82 Å². The number of halogens is 2. The van der Waals surface area contributed by atoms with Crippen molar-refractivity contribution >= 4 is 11.6 Å². The molecule has 0 aliphatic heterocycles. The molecule has 18 heavy (non-hydrogen) atoms. The predicted octanol–water partition coefficient (Wildman–Crippen LogP) is 4.57. The molecule has 1 aliphatic carbocycles. The molecule has 3 heteroatoms. The summed E-state index contributed by atoms with van der Waals surface area (Å²) in [5.41, 5.74) is 0.764. The van der Waals surface area contributed by atoms with Gasteiger partial charge in [0.25, 0.3) is 0 Å². The first-order chi connectivity index (χ1) is 8.61. The molecule has 0 bridgehead atoms. The highest BCUT2D eigenvalue weighted by Crippen LogP contribution is 2.39. The van der Waals surface area contributed by atoms with Gasteiger partial charge >= 0.3 is 0 Å². The van der Waals surface area contributed by atoms with E-state index >= 15 is 0 Å². The Labute approximate surface area is 114 Å². The summed E-state index contributed by atoms with van der Waals surface area (Å²) in [5, 5.41) is 3.90. The molecule has 1 aromatic rings. The molecule has 0 aromatic heterocycles. The van der Waals surface area contributed by atoms with Crippen molar-refractivity contribution in [2.24, 2.45) is 11.8 Å². The van der Waals surface area contributed by atoms with E-state index in [9.17, 15) is 4.39 Å². The smallest absolute Gasteiger partial charge is 0.129 e. The zero-order valence-corrected chi connectivity index (χ0v) is 11.8. The number of rotatable bonds is 4. The average molecular weight is 270 g/mol. The normalized spacial score (nSPS) is 25.3. The van der Waals surface area contributed by atoms with Crippen LogP contribution >= 0.6 is 11.6 Å². The van der Waals surface area contributed by atoms with Gasteiger partial charge in [0, 0.05) is 16.6 Å². The lowest BCUT2D eigenvalue weighted by Crippen LogP contribution is -2.28. The largest absolute Gasteiger partial charge is 0.310 e. The Morgan fingerprint density at radius 3 is 2.78 bits per heavy atom. The molecule has 1 nitrogen and oxygen atoms in total. The average Bonchev–Trinajstić information content (AvgIpc) is 2.73. The molecular weight excluding hydrogens is 249 g/mol. The van der Waals surface area contributed by atoms with Crippen LogP contribution in [0.15, 0.2) is 18.2 Å². The topological polar surface area (TPSA) is 12.0 Å². The molecule has 1 saturated carbocycles. The van der Waals surface area contributed by atoms with Gasteiger partial charge in [-0.25, -0.2) is 4.39 Å². The minimum atomic E-state index is -0.187. The molecule has 0 heterocycles. The van der Waals surface area contributed by atoms with E-state index in [0.717, 1.165) is 18.0 Å². The quantitative estimate of drug-likeness (QED) is 0.845. The van der Waals surface area contributed by atoms with E-state index in [-0.39, 0.29) is 11.9 Å². The van der Waals surface area contributed by atoms with Crippen LogP contribution in [0.5, 0.6) is 0 Å². The number of benzene rings is 1. The van der Waals surface area contributed by atoms with Gasteiger partial charge in [0.05, 0.1) is 0 Å². The minimum absolute atomic E-state index is 0.122. The molecule has 0 amide bonds. The van der Waals surface area contributed by atoms with Crippen LogP contribution in [0.1, 0.15) is 44.7 Å². The summed E-state index contributed by atoms with van der Waals surface area (Å²) in [6, 6.07) is 5.15. The van der Waals surface area contributed by atoms with E-state index in [1.165, 1.54) is 25.3 Å². The molecule has 1 aromatic carbocycles. The van der Waals surface area contributed by atoms with Gasteiger partial charge in [-0.1, -0.05) is 37.9 Å². The van der Waals surface area contributed by atoms with Crippen molar-refractivity contribution in [2.75, 3.05) is 6.54 Å². The van der Waals surface area contributed by atoms with E-state index in [1.807, 2.05) is 6.07 Å². The summed E-state index contributed by atoms with van der Waals surface area (Å²) >= 11 is 5.82. The van der Waals surface area contributed by atoms with Crippen LogP contribution in [0.25, 0.3) is 0 Å². The first-order valence-corrected chi connectivity index (χ1v) is 7.18. The fourth-order valence-corrected chi connectivity index (χ4v) is 3.22. The molecule has 1 fully saturated rings. The molecule has 1 N–H and O–H groups in total. The van der Waals surface area contributed by atoms with Gasteiger partial charge in [-0.2, -0.15) is 0 Å². The van der Waals surface area contributed by atoms with Crippen molar-refractivity contribution in [2.45, 2.75) is 39.2 Å². The van der Waals surface area contributed by atoms with Crippen LogP contribution < -0.4 is 5.32 Å². The Morgan fingerprint density at radius 2 is 2.22 bits per heavy atom. The Kier molecular flexibility index (Phi) is 4.63. The van der Waals surface area contributed by atoms with Gasteiger partial charge < -0.3 is 5.32 Å². The Hall–Kier alpha value is -0.600. The van der Waals surface area contributed by atoms with Crippen LogP contribution in [-0.4, -0.2) is 6.54 Å². The molecule has 1 aliphatic rings. The minimum Gasteiger partial charge on any atom is -0.310 e. The Balaban J connectivity index is 2.23. The second-order valence-corrected chi connectivity index (χ2v) is 5.82. The van der Waals surface area contributed by atoms with Crippen molar-refractivity contribution in [1.29, 1.82) is 0 Å². The fourth-order valence-electron chi connectivity index (χ4n) is 3.06. The van der Waals surface area contributed by atoms with E-state index in [2.05, 4.69) is 19.2 Å². The van der Waals surface area contributed by atoms with E-state index in [1.54, 1.807) is 6.07 Å². The molecule has 0 spiro atoms. The second-order valence-electron chi connectivity index (χ2n) is 5.38. The molecule has 0 radical (unpaired) electrons. The first-order valence-electron chi connectivity index (χ1n) is 6.80. The van der Waals surface area contributed by atoms with Crippen LogP contribution in [0.3, 0.4) is 0 Å². The van der Waals surface area contributed by atoms with Gasteiger partial charge in [-0.05, 0) is 43.4 Å². The zero-order valence-electron chi connectivity index (χ0n) is 11.0. The SMILES string of the molecule is CCNC(c1ccc(Cl)cc1F)C1CCC(C)C1. The molecule has 100 valence electrons. The standard InChI is InChI=1S/C15H21ClFN/c1-3-18-15(11-5-4-10(2)8-11)13-7-6-12(16)9-14(13)17/h6-7,9-11,15,18H,3-5,8H2,1-2H3. The third-order valence-electron chi connectivity index (χ3n) is 3.93. The van der Waals surface area contributed by atoms with Crippen LogP contribution in [0.2, 0.25) is 5.02 Å². The van der Waals surface area contributed by atoms with Crippen molar-refractivity contribution in [1.82, 2.24) is 5.32 Å². The highest BCUT2D eigenvalue weighted by atomic mass is 35.5. The van der Waals surface area contributed by atoms with Crippen molar-refractivity contribution in [3.63, 3.8) is 0 Å². The Morgan fingerprint density at radius 1 is 1.44 bits per heavy atom. The second kappa shape index (κ2) is 6.03. The molecular formula is C15H21ClFN. The van der Waals surface area contributed by atoms with Crippen molar-refractivity contribution in [3.8, 4) is 0 Å². The predicted molar refractivity (Wildman–Crippen MR) is 74.3 cm³/mol. The highest BCUT2D eigenvalue weighted by Gasteiger charge is 2.30. The summed E-state index contributed by atoms with van der Waals surface area (Å²) in [6.07, 6.45) is 3.61. The maximum Gasteiger partial charge on any atom is 0.129 e. The maximum absolute atomic E-state index is 14.0. The fraction of sp³-hybridized carbons (Fsp3) is 0.600. The molecule has 3 atom stereocenters. The van der Waals surface area contributed by atoms with E-state index in [4.69, 9.17) is 11.6 Å². The summed E-state index contributed by atoms with van der Waals surface area (Å²) in [6.45, 7) is 5.21. The van der Waals surface area contributed by atoms with Crippen molar-refractivity contribution in [3.05, 3.63) is 34.6 Å². The van der Waals surface area contributed by atoms with Crippen LogP contribution in [0.4, 0.5) is 4.39 Å². The van der Waals surface area contributed by atoms with Crippen LogP contribution in [-0.2, 0) is 0 Å². The monoisotopic (exact) mass is 269 g/mol. The number of nitrogens with one attached hydrogen (secondary N) is 1. The Bertz CT molecular complexity index is 407. The van der Waals surface area contributed by atoms with Gasteiger partial charge in [-0.15, -0.1) is 0 Å². The number of hydrogen-bond donors (Lipinski definition) is 1. The number of hydrogen-bond acceptors (Lipinski definition) is 1. The summed E-state index contributed by atoms with van der Waals surface area (Å²) in [7, 11) is 0. The molecule has 3 unspecified atom stereocenters. The first kappa shape index (κ1) is 13.8. The lowest BCUT2D eigenvalue weighted by Gasteiger charge is -2.25. The third kappa shape index (κ3) is 3.04. The molecule has 2 rings (SSSR count). The van der Waals surface area contributed by atoms with Crippen molar-refractivity contribution < 1.29 is 4.39 Å². The zero-order chi connectivity index (χ0) is 13.1. The van der Waals surface area contributed by atoms with E-state index in [0.29, 0.717) is 10.9 Å². The van der Waals surface area contributed by atoms with Crippen LogP contribution in [0, 0.1) is 17.7 Å². The van der Waals surface area contributed by atoms with Gasteiger partial charge in [0.2, 0.25) is 0 Å². The lowest BCUT2D eigenvalue weighted by atomic mass is 9.90. The van der Waals surface area contributed by atoms with Gasteiger partial charge in [0.15, 0.2) is 0 Å². The highest BCUT2D eigenvalue weighted by molar-refractivity contribution is 6.30. The van der Waals surface area contributed by atoms with Gasteiger partial charge in [-0.3, -0.25) is 0 Å².